The summed E-state index contributed by atoms with van der Waals surface area (Å²) >= 11 is 0. The maximum atomic E-state index is 12.8. The lowest BCUT2D eigenvalue weighted by molar-refractivity contribution is -1.02. The van der Waals surface area contributed by atoms with Crippen molar-refractivity contribution in [3.05, 3.63) is 70.8 Å². The molecule has 0 atom stereocenters. The third-order valence-electron chi connectivity index (χ3n) is 6.09. The van der Waals surface area contributed by atoms with Crippen LogP contribution in [0.5, 0.6) is 0 Å². The lowest BCUT2D eigenvalue weighted by atomic mass is 10.00. The Hall–Kier alpha value is -2.68. The predicted molar refractivity (Wildman–Crippen MR) is 107 cm³/mol. The Kier molecular flexibility index (Phi) is 5.70. The van der Waals surface area contributed by atoms with E-state index in [-0.39, 0.29) is 0 Å². The molecule has 28 heavy (non-hydrogen) atoms. The van der Waals surface area contributed by atoms with Crippen LogP contribution in [-0.4, -0.2) is 50.1 Å². The van der Waals surface area contributed by atoms with E-state index < -0.39 is 0 Å². The summed E-state index contributed by atoms with van der Waals surface area (Å²) in [7, 11) is 0. The maximum absolute atomic E-state index is 12.8. The molecule has 0 bridgehead atoms. The van der Waals surface area contributed by atoms with Gasteiger partial charge in [-0.2, -0.15) is 5.26 Å². The Morgan fingerprint density at radius 2 is 1.64 bits per heavy atom. The van der Waals surface area contributed by atoms with Gasteiger partial charge in [0, 0.05) is 18.7 Å². The number of carbonyl (C=O) groups is 1. The van der Waals surface area contributed by atoms with E-state index >= 15 is 0 Å². The monoisotopic (exact) mass is 376 g/mol. The van der Waals surface area contributed by atoms with E-state index in [1.54, 1.807) is 4.90 Å². The number of nitrogens with zero attached hydrogens (tertiary/aromatic N) is 2. The molecule has 1 saturated heterocycles. The van der Waals surface area contributed by atoms with Gasteiger partial charge >= 0.3 is 0 Å². The van der Waals surface area contributed by atoms with Crippen LogP contribution in [0.1, 0.15) is 22.3 Å². The highest BCUT2D eigenvalue weighted by Gasteiger charge is 2.28. The quantitative estimate of drug-likeness (QED) is 0.751. The Balaban J connectivity index is 1.24. The maximum Gasteiger partial charge on any atom is 0.278 e. The van der Waals surface area contributed by atoms with Gasteiger partial charge in [-0.15, -0.1) is 0 Å². The van der Waals surface area contributed by atoms with Gasteiger partial charge in [0.05, 0.1) is 11.6 Å². The fraction of sp³-hybridized carbons (Fsp3) is 0.391. The Morgan fingerprint density at radius 1 is 0.964 bits per heavy atom. The fourth-order valence-electron chi connectivity index (χ4n) is 4.33. The summed E-state index contributed by atoms with van der Waals surface area (Å²) < 4.78 is 0. The first-order valence-electron chi connectivity index (χ1n) is 10.2. The number of fused-ring (bicyclic) bond motifs is 1. The van der Waals surface area contributed by atoms with Crippen LogP contribution in [0.25, 0.3) is 0 Å². The van der Waals surface area contributed by atoms with Gasteiger partial charge in [0.25, 0.3) is 5.91 Å². The molecule has 2 aliphatic rings. The zero-order valence-electron chi connectivity index (χ0n) is 16.3. The normalized spacial score (nSPS) is 21.6. The zero-order valence-corrected chi connectivity index (χ0v) is 16.3. The second-order valence-electron chi connectivity index (χ2n) is 8.00. The molecule has 4 rings (SSSR count). The smallest absolute Gasteiger partial charge is 0.278 e. The van der Waals surface area contributed by atoms with Gasteiger partial charge < -0.3 is 14.7 Å². The van der Waals surface area contributed by atoms with Crippen molar-refractivity contribution in [1.29, 1.82) is 5.26 Å². The summed E-state index contributed by atoms with van der Waals surface area (Å²) in [6.45, 7) is 7.49. The molecule has 0 radical (unpaired) electrons. The number of piperazine rings is 1. The molecule has 5 nitrogen and oxygen atoms in total. The Bertz CT molecular complexity index is 863. The molecular formula is C23H28N4O+2. The van der Waals surface area contributed by atoms with Crippen LogP contribution in [0, 0.1) is 11.3 Å². The van der Waals surface area contributed by atoms with Crippen molar-refractivity contribution in [3.8, 4) is 6.07 Å². The van der Waals surface area contributed by atoms with Gasteiger partial charge in [0.15, 0.2) is 6.54 Å². The lowest BCUT2D eigenvalue weighted by Crippen LogP contribution is -3.28. The van der Waals surface area contributed by atoms with Crippen LogP contribution in [0.2, 0.25) is 0 Å². The molecule has 0 aromatic heterocycles. The molecule has 2 aromatic rings. The van der Waals surface area contributed by atoms with E-state index in [0.717, 1.165) is 52.2 Å². The second kappa shape index (κ2) is 8.55. The highest BCUT2D eigenvalue weighted by Crippen LogP contribution is 2.18. The first kappa shape index (κ1) is 18.7. The van der Waals surface area contributed by atoms with Crippen LogP contribution in [0.15, 0.2) is 48.5 Å². The van der Waals surface area contributed by atoms with Crippen LogP contribution in [0.3, 0.4) is 0 Å². The second-order valence-corrected chi connectivity index (χ2v) is 8.00. The molecule has 0 saturated carbocycles. The van der Waals surface area contributed by atoms with Crippen LogP contribution in [0.4, 0.5) is 0 Å². The average Bonchev–Trinajstić information content (AvgIpc) is 2.75. The summed E-state index contributed by atoms with van der Waals surface area (Å²) in [5.74, 6) is 0.292. The van der Waals surface area contributed by atoms with Gasteiger partial charge in [-0.05, 0) is 29.7 Å². The molecule has 2 heterocycles. The standard InChI is InChI=1S/C23H26N4O/c24-15-19-5-7-20(8-6-19)16-25-11-13-26(14-12-25)18-23(28)27-10-9-21-3-1-2-4-22(21)17-27/h1-8H,9-14,16-18H2/p+2. The van der Waals surface area contributed by atoms with E-state index in [1.165, 1.54) is 21.6 Å². The highest BCUT2D eigenvalue weighted by atomic mass is 16.2. The highest BCUT2D eigenvalue weighted by molar-refractivity contribution is 5.77. The van der Waals surface area contributed by atoms with Crippen molar-refractivity contribution in [2.75, 3.05) is 39.3 Å². The number of hydrogen-bond acceptors (Lipinski definition) is 2. The number of quaternary nitrogens is 2. The largest absolute Gasteiger partial charge is 0.333 e. The van der Waals surface area contributed by atoms with Gasteiger partial charge in [0.1, 0.15) is 32.7 Å². The Labute approximate surface area is 166 Å². The van der Waals surface area contributed by atoms with Crippen molar-refractivity contribution in [2.24, 2.45) is 0 Å². The van der Waals surface area contributed by atoms with Crippen molar-refractivity contribution in [3.63, 3.8) is 0 Å². The molecule has 2 aliphatic heterocycles. The van der Waals surface area contributed by atoms with Crippen molar-refractivity contribution in [2.45, 2.75) is 19.5 Å². The van der Waals surface area contributed by atoms with Gasteiger partial charge in [0.2, 0.25) is 0 Å². The Morgan fingerprint density at radius 3 is 2.36 bits per heavy atom. The summed E-state index contributed by atoms with van der Waals surface area (Å²) in [5.41, 5.74) is 4.68. The molecule has 0 aliphatic carbocycles. The van der Waals surface area contributed by atoms with Crippen LogP contribution < -0.4 is 9.80 Å². The van der Waals surface area contributed by atoms with E-state index in [1.807, 2.05) is 17.0 Å². The van der Waals surface area contributed by atoms with E-state index in [0.29, 0.717) is 18.0 Å². The summed E-state index contributed by atoms with van der Waals surface area (Å²) in [6.07, 6.45) is 0.972. The lowest BCUT2D eigenvalue weighted by Gasteiger charge is -2.32. The number of carbonyl (C=O) groups excluding carboxylic acids is 1. The third-order valence-corrected chi connectivity index (χ3v) is 6.09. The number of rotatable bonds is 4. The average molecular weight is 377 g/mol. The van der Waals surface area contributed by atoms with Crippen molar-refractivity contribution in [1.82, 2.24) is 4.90 Å². The minimum Gasteiger partial charge on any atom is -0.333 e. The number of amides is 1. The third kappa shape index (κ3) is 4.41. The van der Waals surface area contributed by atoms with E-state index in [2.05, 4.69) is 42.5 Å². The molecule has 1 amide bonds. The number of benzene rings is 2. The minimum absolute atomic E-state index is 0.292. The number of hydrogen-bond donors (Lipinski definition) is 2. The fourth-order valence-corrected chi connectivity index (χ4v) is 4.33. The molecule has 0 spiro atoms. The molecule has 2 N–H and O–H groups in total. The van der Waals surface area contributed by atoms with E-state index in [4.69, 9.17) is 5.26 Å². The molecule has 144 valence electrons. The van der Waals surface area contributed by atoms with Gasteiger partial charge in [-0.1, -0.05) is 36.4 Å². The summed E-state index contributed by atoms with van der Waals surface area (Å²) in [5, 5.41) is 8.90. The van der Waals surface area contributed by atoms with Crippen LogP contribution in [-0.2, 0) is 24.3 Å². The predicted octanol–water partition coefficient (Wildman–Crippen LogP) is -0.573. The molecule has 2 aromatic carbocycles. The van der Waals surface area contributed by atoms with Crippen LogP contribution >= 0.6 is 0 Å². The SMILES string of the molecule is N#Cc1ccc(C[NH+]2CC[NH+](CC(=O)N3CCc4ccccc4C3)CC2)cc1. The molecule has 0 unspecified atom stereocenters. The van der Waals surface area contributed by atoms with Crippen molar-refractivity contribution < 1.29 is 14.6 Å². The minimum atomic E-state index is 0.292. The number of nitriles is 1. The van der Waals surface area contributed by atoms with E-state index in [9.17, 15) is 4.79 Å². The first-order valence-corrected chi connectivity index (χ1v) is 10.2. The molecular weight excluding hydrogens is 348 g/mol. The first-order chi connectivity index (χ1) is 13.7. The van der Waals surface area contributed by atoms with Gasteiger partial charge in [-0.25, -0.2) is 0 Å². The zero-order chi connectivity index (χ0) is 19.3. The molecule has 5 heteroatoms. The van der Waals surface area contributed by atoms with Gasteiger partial charge in [-0.3, -0.25) is 4.79 Å². The number of nitrogens with one attached hydrogen (secondary N) is 2. The summed E-state index contributed by atoms with van der Waals surface area (Å²) in [4.78, 5) is 17.8. The summed E-state index contributed by atoms with van der Waals surface area (Å²) in [6, 6.07) is 18.5. The topological polar surface area (TPSA) is 53.0 Å². The van der Waals surface area contributed by atoms with Crippen molar-refractivity contribution >= 4 is 5.91 Å². The molecule has 1 fully saturated rings.